The number of aryl methyl sites for hydroxylation is 1. The van der Waals surface area contributed by atoms with Crippen LogP contribution in [0.4, 0.5) is 9.52 Å². The molecule has 0 spiro atoms. The third-order valence-electron chi connectivity index (χ3n) is 2.17. The second-order valence-electron chi connectivity index (χ2n) is 3.43. The summed E-state index contributed by atoms with van der Waals surface area (Å²) in [5.74, 6) is -0.917. The van der Waals surface area contributed by atoms with Gasteiger partial charge in [-0.2, -0.15) is 0 Å². The van der Waals surface area contributed by atoms with Gasteiger partial charge in [0.15, 0.2) is 0 Å². The summed E-state index contributed by atoms with van der Waals surface area (Å²) in [5.41, 5.74) is 0.200. The summed E-state index contributed by atoms with van der Waals surface area (Å²) >= 11 is 7.08. The summed E-state index contributed by atoms with van der Waals surface area (Å²) in [6.07, 6.45) is 0.755. The first kappa shape index (κ1) is 12.9. The molecule has 0 bridgehead atoms. The number of benzene rings is 1. The molecule has 18 heavy (non-hydrogen) atoms. The maximum atomic E-state index is 12.9. The van der Waals surface area contributed by atoms with Gasteiger partial charge in [0, 0.05) is 0 Å². The van der Waals surface area contributed by atoms with E-state index >= 15 is 0 Å². The van der Waals surface area contributed by atoms with E-state index in [0.717, 1.165) is 17.5 Å². The minimum Gasteiger partial charge on any atom is -0.296 e. The smallest absolute Gasteiger partial charge is 0.259 e. The lowest BCUT2D eigenvalue weighted by Gasteiger charge is -2.03. The minimum absolute atomic E-state index is 0.0627. The van der Waals surface area contributed by atoms with Crippen LogP contribution in [0.5, 0.6) is 0 Å². The van der Waals surface area contributed by atoms with Crippen LogP contribution < -0.4 is 5.32 Å². The van der Waals surface area contributed by atoms with Crippen molar-refractivity contribution < 1.29 is 9.18 Å². The van der Waals surface area contributed by atoms with E-state index in [1.807, 2.05) is 6.92 Å². The lowest BCUT2D eigenvalue weighted by Crippen LogP contribution is -2.12. The van der Waals surface area contributed by atoms with Gasteiger partial charge in [-0.3, -0.25) is 10.1 Å². The summed E-state index contributed by atoms with van der Waals surface area (Å²) < 4.78 is 12.9. The molecule has 1 aromatic heterocycles. The van der Waals surface area contributed by atoms with Gasteiger partial charge in [0.1, 0.15) is 10.8 Å². The Balaban J connectivity index is 2.16. The SMILES string of the molecule is CCc1nnc(NC(=O)c2ccc(F)cc2Cl)s1. The molecule has 1 heterocycles. The number of carbonyl (C=O) groups is 1. The molecular weight excluding hydrogens is 277 g/mol. The number of hydrogen-bond donors (Lipinski definition) is 1. The van der Waals surface area contributed by atoms with Gasteiger partial charge in [0.05, 0.1) is 10.6 Å². The van der Waals surface area contributed by atoms with Gasteiger partial charge < -0.3 is 0 Å². The number of aromatic nitrogens is 2. The fourth-order valence-electron chi connectivity index (χ4n) is 1.29. The Morgan fingerprint density at radius 3 is 2.89 bits per heavy atom. The van der Waals surface area contributed by atoms with Crippen molar-refractivity contribution in [2.24, 2.45) is 0 Å². The van der Waals surface area contributed by atoms with Crippen LogP contribution in [0.2, 0.25) is 5.02 Å². The van der Waals surface area contributed by atoms with Gasteiger partial charge in [-0.1, -0.05) is 29.9 Å². The summed E-state index contributed by atoms with van der Waals surface area (Å²) in [4.78, 5) is 11.9. The van der Waals surface area contributed by atoms with Crippen molar-refractivity contribution in [1.29, 1.82) is 0 Å². The number of halogens is 2. The fourth-order valence-corrected chi connectivity index (χ4v) is 2.21. The molecule has 2 rings (SSSR count). The topological polar surface area (TPSA) is 54.9 Å². The van der Waals surface area contributed by atoms with Crippen LogP contribution in [-0.4, -0.2) is 16.1 Å². The lowest BCUT2D eigenvalue weighted by atomic mass is 10.2. The Bertz CT molecular complexity index is 587. The van der Waals surface area contributed by atoms with E-state index in [9.17, 15) is 9.18 Å². The third kappa shape index (κ3) is 2.83. The first-order valence-electron chi connectivity index (χ1n) is 5.19. The maximum Gasteiger partial charge on any atom is 0.259 e. The van der Waals surface area contributed by atoms with Gasteiger partial charge in [0.25, 0.3) is 5.91 Å². The van der Waals surface area contributed by atoms with Crippen molar-refractivity contribution in [2.75, 3.05) is 5.32 Å². The van der Waals surface area contributed by atoms with Crippen molar-refractivity contribution in [2.45, 2.75) is 13.3 Å². The van der Waals surface area contributed by atoms with Crippen LogP contribution in [0, 0.1) is 5.82 Å². The number of anilines is 1. The highest BCUT2D eigenvalue weighted by atomic mass is 35.5. The number of carbonyl (C=O) groups excluding carboxylic acids is 1. The normalized spacial score (nSPS) is 10.4. The average Bonchev–Trinajstić information content (AvgIpc) is 2.76. The number of nitrogens with one attached hydrogen (secondary N) is 1. The highest BCUT2D eigenvalue weighted by Crippen LogP contribution is 2.20. The molecule has 1 N–H and O–H groups in total. The first-order valence-corrected chi connectivity index (χ1v) is 6.38. The molecule has 0 fully saturated rings. The predicted molar refractivity (Wildman–Crippen MR) is 68.7 cm³/mol. The summed E-state index contributed by atoms with van der Waals surface area (Å²) in [7, 11) is 0. The van der Waals surface area contributed by atoms with E-state index in [1.165, 1.54) is 23.5 Å². The molecule has 4 nitrogen and oxygen atoms in total. The molecule has 1 amide bonds. The zero-order valence-corrected chi connectivity index (χ0v) is 11.0. The predicted octanol–water partition coefficient (Wildman–Crippen LogP) is 3.15. The molecule has 7 heteroatoms. The fraction of sp³-hybridized carbons (Fsp3) is 0.182. The van der Waals surface area contributed by atoms with Crippen LogP contribution in [0.15, 0.2) is 18.2 Å². The Morgan fingerprint density at radius 2 is 2.28 bits per heavy atom. The van der Waals surface area contributed by atoms with Crippen molar-refractivity contribution in [3.63, 3.8) is 0 Å². The van der Waals surface area contributed by atoms with Crippen LogP contribution in [0.1, 0.15) is 22.3 Å². The molecule has 2 aromatic rings. The van der Waals surface area contributed by atoms with E-state index in [-0.39, 0.29) is 10.6 Å². The van der Waals surface area contributed by atoms with E-state index in [2.05, 4.69) is 15.5 Å². The quantitative estimate of drug-likeness (QED) is 0.942. The van der Waals surface area contributed by atoms with Crippen molar-refractivity contribution in [3.05, 3.63) is 39.6 Å². The van der Waals surface area contributed by atoms with Gasteiger partial charge in [-0.15, -0.1) is 10.2 Å². The van der Waals surface area contributed by atoms with Crippen LogP contribution in [0.25, 0.3) is 0 Å². The molecule has 0 saturated heterocycles. The van der Waals surface area contributed by atoms with Crippen LogP contribution in [0.3, 0.4) is 0 Å². The number of rotatable bonds is 3. The molecule has 0 atom stereocenters. The average molecular weight is 286 g/mol. The Hall–Kier alpha value is -1.53. The molecule has 0 aliphatic heterocycles. The monoisotopic (exact) mass is 285 g/mol. The largest absolute Gasteiger partial charge is 0.296 e. The first-order chi connectivity index (χ1) is 8.60. The third-order valence-corrected chi connectivity index (χ3v) is 3.46. The second-order valence-corrected chi connectivity index (χ2v) is 4.90. The highest BCUT2D eigenvalue weighted by Gasteiger charge is 2.13. The Kier molecular flexibility index (Phi) is 3.88. The van der Waals surface area contributed by atoms with E-state index in [4.69, 9.17) is 11.6 Å². The summed E-state index contributed by atoms with van der Waals surface area (Å²) in [6, 6.07) is 3.60. The van der Waals surface area contributed by atoms with Crippen molar-refractivity contribution in [1.82, 2.24) is 10.2 Å². The standard InChI is InChI=1S/C11H9ClFN3OS/c1-2-9-15-16-11(18-9)14-10(17)7-4-3-6(13)5-8(7)12/h3-5H,2H2,1H3,(H,14,16,17). The van der Waals surface area contributed by atoms with Crippen LogP contribution in [-0.2, 0) is 6.42 Å². The molecule has 94 valence electrons. The van der Waals surface area contributed by atoms with Gasteiger partial charge in [0.2, 0.25) is 5.13 Å². The molecule has 0 radical (unpaired) electrons. The van der Waals surface area contributed by atoms with E-state index < -0.39 is 11.7 Å². The van der Waals surface area contributed by atoms with E-state index in [1.54, 1.807) is 0 Å². The number of amides is 1. The lowest BCUT2D eigenvalue weighted by molar-refractivity contribution is 0.102. The summed E-state index contributed by atoms with van der Waals surface area (Å²) in [5, 5.41) is 11.6. The van der Waals surface area contributed by atoms with Gasteiger partial charge >= 0.3 is 0 Å². The second kappa shape index (κ2) is 5.41. The molecule has 0 unspecified atom stereocenters. The summed E-state index contributed by atoms with van der Waals surface area (Å²) in [6.45, 7) is 1.95. The molecule has 1 aromatic carbocycles. The zero-order chi connectivity index (χ0) is 13.1. The Labute approximate surface area is 112 Å². The number of hydrogen-bond acceptors (Lipinski definition) is 4. The molecule has 0 saturated carbocycles. The number of nitrogens with zero attached hydrogens (tertiary/aromatic N) is 2. The maximum absolute atomic E-state index is 12.9. The minimum atomic E-state index is -0.485. The van der Waals surface area contributed by atoms with Crippen LogP contribution >= 0.6 is 22.9 Å². The zero-order valence-electron chi connectivity index (χ0n) is 9.41. The highest BCUT2D eigenvalue weighted by molar-refractivity contribution is 7.15. The molecule has 0 aliphatic carbocycles. The molecule has 0 aliphatic rings. The van der Waals surface area contributed by atoms with Gasteiger partial charge in [-0.05, 0) is 24.6 Å². The Morgan fingerprint density at radius 1 is 1.50 bits per heavy atom. The molecular formula is C11H9ClFN3OS. The van der Waals surface area contributed by atoms with Gasteiger partial charge in [-0.25, -0.2) is 4.39 Å². The van der Waals surface area contributed by atoms with Crippen molar-refractivity contribution >= 4 is 34.0 Å². The van der Waals surface area contributed by atoms with E-state index in [0.29, 0.717) is 5.13 Å². The van der Waals surface area contributed by atoms with Crippen molar-refractivity contribution in [3.8, 4) is 0 Å².